The predicted octanol–water partition coefficient (Wildman–Crippen LogP) is 3.42. The SMILES string of the molecule is COc1ccccc1C(=O)N1CCN(S(=O)(=O)c2ccc(NC(C)=O)cc2)CC1c1nc2ccccc2[nH]1. The number of aromatic amines is 1. The Labute approximate surface area is 220 Å². The van der Waals surface area contributed by atoms with Crippen LogP contribution in [0.25, 0.3) is 11.0 Å². The maximum Gasteiger partial charge on any atom is 0.258 e. The van der Waals surface area contributed by atoms with Crippen molar-refractivity contribution in [2.24, 2.45) is 0 Å². The number of piperazine rings is 1. The van der Waals surface area contributed by atoms with Crippen LogP contribution in [-0.4, -0.2) is 66.1 Å². The highest BCUT2D eigenvalue weighted by Gasteiger charge is 2.39. The van der Waals surface area contributed by atoms with Crippen molar-refractivity contribution in [2.75, 3.05) is 32.1 Å². The molecular formula is C27H27N5O5S. The number of imidazole rings is 1. The van der Waals surface area contributed by atoms with Gasteiger partial charge >= 0.3 is 0 Å². The topological polar surface area (TPSA) is 125 Å². The first-order valence-corrected chi connectivity index (χ1v) is 13.5. The van der Waals surface area contributed by atoms with Crippen LogP contribution in [0.4, 0.5) is 5.69 Å². The molecule has 0 bridgehead atoms. The summed E-state index contributed by atoms with van der Waals surface area (Å²) >= 11 is 0. The van der Waals surface area contributed by atoms with E-state index in [9.17, 15) is 18.0 Å². The molecule has 1 saturated heterocycles. The zero-order chi connectivity index (χ0) is 26.9. The molecule has 0 aliphatic carbocycles. The standard InChI is InChI=1S/C27H27N5O5S/c1-18(33)28-19-11-13-20(14-12-19)38(35,36)31-15-16-32(27(34)21-7-3-6-10-25(21)37-2)24(17-31)26-29-22-8-4-5-9-23(22)30-26/h3-14,24H,15-17H2,1-2H3,(H,28,33)(H,29,30). The molecule has 0 spiro atoms. The normalized spacial score (nSPS) is 16.4. The number of rotatable bonds is 6. The van der Waals surface area contributed by atoms with Crippen molar-refractivity contribution in [3.63, 3.8) is 0 Å². The molecular weight excluding hydrogens is 506 g/mol. The molecule has 11 heteroatoms. The number of anilines is 1. The molecule has 5 rings (SSSR count). The van der Waals surface area contributed by atoms with E-state index in [0.29, 0.717) is 22.8 Å². The zero-order valence-electron chi connectivity index (χ0n) is 20.9. The van der Waals surface area contributed by atoms with Gasteiger partial charge in [-0.25, -0.2) is 13.4 Å². The van der Waals surface area contributed by atoms with E-state index in [2.05, 4.69) is 10.3 Å². The molecule has 1 aromatic heterocycles. The van der Waals surface area contributed by atoms with E-state index in [0.717, 1.165) is 11.0 Å². The minimum Gasteiger partial charge on any atom is -0.496 e. The zero-order valence-corrected chi connectivity index (χ0v) is 21.7. The van der Waals surface area contributed by atoms with Gasteiger partial charge in [0.05, 0.1) is 28.6 Å². The first-order chi connectivity index (χ1) is 18.3. The fourth-order valence-corrected chi connectivity index (χ4v) is 6.06. The van der Waals surface area contributed by atoms with Gasteiger partial charge in [-0.1, -0.05) is 24.3 Å². The van der Waals surface area contributed by atoms with E-state index < -0.39 is 16.1 Å². The molecule has 3 aromatic carbocycles. The van der Waals surface area contributed by atoms with Gasteiger partial charge in [0.2, 0.25) is 15.9 Å². The Balaban J connectivity index is 1.50. The number of benzene rings is 3. The molecule has 0 saturated carbocycles. The number of H-pyrrole nitrogens is 1. The molecule has 0 radical (unpaired) electrons. The van der Waals surface area contributed by atoms with Gasteiger partial charge in [-0.15, -0.1) is 0 Å². The number of nitrogens with zero attached hydrogens (tertiary/aromatic N) is 3. The van der Waals surface area contributed by atoms with Crippen LogP contribution in [0.5, 0.6) is 5.75 Å². The Morgan fingerprint density at radius 1 is 1.00 bits per heavy atom. The number of ether oxygens (including phenoxy) is 1. The highest BCUT2D eigenvalue weighted by Crippen LogP contribution is 2.32. The van der Waals surface area contributed by atoms with E-state index >= 15 is 0 Å². The van der Waals surface area contributed by atoms with Gasteiger partial charge in [0.1, 0.15) is 17.6 Å². The summed E-state index contributed by atoms with van der Waals surface area (Å²) in [7, 11) is -2.38. The second-order valence-electron chi connectivity index (χ2n) is 8.92. The molecule has 2 N–H and O–H groups in total. The van der Waals surface area contributed by atoms with Crippen molar-refractivity contribution >= 4 is 38.6 Å². The van der Waals surface area contributed by atoms with Crippen LogP contribution in [0, 0.1) is 0 Å². The number of methoxy groups -OCH3 is 1. The van der Waals surface area contributed by atoms with Gasteiger partial charge in [0.25, 0.3) is 5.91 Å². The van der Waals surface area contributed by atoms with Crippen molar-refractivity contribution in [2.45, 2.75) is 17.9 Å². The highest BCUT2D eigenvalue weighted by molar-refractivity contribution is 7.89. The number of carbonyl (C=O) groups excluding carboxylic acids is 2. The molecule has 196 valence electrons. The average molecular weight is 534 g/mol. The molecule has 38 heavy (non-hydrogen) atoms. The van der Waals surface area contributed by atoms with Gasteiger partial charge < -0.3 is 19.9 Å². The maximum atomic E-state index is 13.7. The average Bonchev–Trinajstić information content (AvgIpc) is 3.36. The first-order valence-electron chi connectivity index (χ1n) is 12.0. The third-order valence-corrected chi connectivity index (χ3v) is 8.36. The second-order valence-corrected chi connectivity index (χ2v) is 10.9. The number of fused-ring (bicyclic) bond motifs is 1. The van der Waals surface area contributed by atoms with Crippen LogP contribution in [0.1, 0.15) is 29.1 Å². The lowest BCUT2D eigenvalue weighted by Crippen LogP contribution is -2.52. The molecule has 4 aromatic rings. The largest absolute Gasteiger partial charge is 0.496 e. The van der Waals surface area contributed by atoms with Crippen LogP contribution in [0.15, 0.2) is 77.7 Å². The minimum absolute atomic E-state index is 0.0104. The smallest absolute Gasteiger partial charge is 0.258 e. The summed E-state index contributed by atoms with van der Waals surface area (Å²) in [5.74, 6) is 0.417. The fourth-order valence-electron chi connectivity index (χ4n) is 4.62. The molecule has 1 fully saturated rings. The van der Waals surface area contributed by atoms with Crippen molar-refractivity contribution in [3.8, 4) is 5.75 Å². The number of nitrogens with one attached hydrogen (secondary N) is 2. The Hall–Kier alpha value is -4.22. The van der Waals surface area contributed by atoms with Crippen LogP contribution in [-0.2, 0) is 14.8 Å². The van der Waals surface area contributed by atoms with Crippen molar-refractivity contribution in [1.29, 1.82) is 0 Å². The maximum absolute atomic E-state index is 13.7. The Morgan fingerprint density at radius 2 is 1.71 bits per heavy atom. The molecule has 2 amide bonds. The predicted molar refractivity (Wildman–Crippen MR) is 142 cm³/mol. The third-order valence-electron chi connectivity index (χ3n) is 6.48. The number of hydrogen-bond donors (Lipinski definition) is 2. The van der Waals surface area contributed by atoms with Crippen LogP contribution in [0.3, 0.4) is 0 Å². The Morgan fingerprint density at radius 3 is 2.42 bits per heavy atom. The molecule has 1 atom stereocenters. The molecule has 1 aliphatic rings. The minimum atomic E-state index is -3.89. The monoisotopic (exact) mass is 533 g/mol. The summed E-state index contributed by atoms with van der Waals surface area (Å²) in [5, 5.41) is 2.63. The summed E-state index contributed by atoms with van der Waals surface area (Å²) in [6.45, 7) is 1.65. The molecule has 1 unspecified atom stereocenters. The summed E-state index contributed by atoms with van der Waals surface area (Å²) in [5.41, 5.74) is 2.41. The summed E-state index contributed by atoms with van der Waals surface area (Å²) in [6, 6.07) is 19.8. The van der Waals surface area contributed by atoms with E-state index in [-0.39, 0.29) is 36.3 Å². The van der Waals surface area contributed by atoms with Crippen molar-refractivity contribution in [3.05, 3.63) is 84.2 Å². The van der Waals surface area contributed by atoms with Crippen LogP contribution >= 0.6 is 0 Å². The van der Waals surface area contributed by atoms with Gasteiger partial charge in [-0.3, -0.25) is 9.59 Å². The quantitative estimate of drug-likeness (QED) is 0.391. The van der Waals surface area contributed by atoms with Crippen molar-refractivity contribution < 1.29 is 22.7 Å². The van der Waals surface area contributed by atoms with E-state index in [1.165, 1.54) is 30.5 Å². The molecule has 2 heterocycles. The van der Waals surface area contributed by atoms with Gasteiger partial charge in [-0.05, 0) is 48.5 Å². The van der Waals surface area contributed by atoms with Gasteiger partial charge in [-0.2, -0.15) is 4.31 Å². The van der Waals surface area contributed by atoms with E-state index in [1.54, 1.807) is 41.3 Å². The number of para-hydroxylation sites is 3. The number of hydrogen-bond acceptors (Lipinski definition) is 6. The van der Waals surface area contributed by atoms with Crippen LogP contribution in [0.2, 0.25) is 0 Å². The lowest BCUT2D eigenvalue weighted by atomic mass is 10.1. The number of carbonyl (C=O) groups is 2. The van der Waals surface area contributed by atoms with Crippen molar-refractivity contribution in [1.82, 2.24) is 19.2 Å². The third kappa shape index (κ3) is 4.85. The molecule has 1 aliphatic heterocycles. The highest BCUT2D eigenvalue weighted by atomic mass is 32.2. The lowest BCUT2D eigenvalue weighted by molar-refractivity contribution is -0.114. The van der Waals surface area contributed by atoms with E-state index in [1.807, 2.05) is 24.3 Å². The summed E-state index contributed by atoms with van der Waals surface area (Å²) in [4.78, 5) is 34.8. The summed E-state index contributed by atoms with van der Waals surface area (Å²) in [6.07, 6.45) is 0. The van der Waals surface area contributed by atoms with E-state index in [4.69, 9.17) is 9.72 Å². The number of amides is 2. The Kier molecular flexibility index (Phi) is 6.87. The number of aromatic nitrogens is 2. The number of sulfonamides is 1. The van der Waals surface area contributed by atoms with Gasteiger partial charge in [0, 0.05) is 32.2 Å². The van der Waals surface area contributed by atoms with Crippen LogP contribution < -0.4 is 10.1 Å². The second kappa shape index (κ2) is 10.3. The Bertz CT molecular complexity index is 1570. The fraction of sp³-hybridized carbons (Fsp3) is 0.222. The molecule has 10 nitrogen and oxygen atoms in total. The summed E-state index contributed by atoms with van der Waals surface area (Å²) < 4.78 is 34.0. The van der Waals surface area contributed by atoms with Gasteiger partial charge in [0.15, 0.2) is 0 Å². The lowest BCUT2D eigenvalue weighted by Gasteiger charge is -2.40. The first kappa shape index (κ1) is 25.4.